The van der Waals surface area contributed by atoms with Gasteiger partial charge in [0.25, 0.3) is 0 Å². The van der Waals surface area contributed by atoms with Crippen LogP contribution in [0.5, 0.6) is 0 Å². The maximum Gasteiger partial charge on any atom is 0.230 e. The first-order valence-corrected chi connectivity index (χ1v) is 11.8. The Labute approximate surface area is 178 Å². The zero-order valence-corrected chi connectivity index (χ0v) is 18.2. The molecule has 4 saturated carbocycles. The third-order valence-corrected chi connectivity index (χ3v) is 8.54. The lowest BCUT2D eigenvalue weighted by atomic mass is 9.48. The molecular weight excluding hydrogens is 415 g/mol. The first-order valence-electron chi connectivity index (χ1n) is 10.0. The van der Waals surface area contributed by atoms with Crippen LogP contribution in [0.2, 0.25) is 10.0 Å². The van der Waals surface area contributed by atoms with Crippen molar-refractivity contribution in [1.29, 1.82) is 0 Å². The van der Waals surface area contributed by atoms with Gasteiger partial charge in [-0.2, -0.15) is 0 Å². The van der Waals surface area contributed by atoms with E-state index in [1.165, 1.54) is 50.3 Å². The van der Waals surface area contributed by atoms with E-state index in [1.54, 1.807) is 16.7 Å². The van der Waals surface area contributed by atoms with Crippen molar-refractivity contribution >= 4 is 46.5 Å². The van der Waals surface area contributed by atoms with Gasteiger partial charge >= 0.3 is 0 Å². The van der Waals surface area contributed by atoms with Gasteiger partial charge in [-0.05, 0) is 74.7 Å². The number of hydrogen-bond donors (Lipinski definition) is 1. The van der Waals surface area contributed by atoms with Gasteiger partial charge in [-0.25, -0.2) is 0 Å². The van der Waals surface area contributed by atoms with E-state index in [-0.39, 0.29) is 11.9 Å². The first-order chi connectivity index (χ1) is 13.4. The van der Waals surface area contributed by atoms with Crippen LogP contribution >= 0.6 is 35.0 Å². The minimum Gasteiger partial charge on any atom is -0.352 e. The molecule has 0 radical (unpaired) electrons. The van der Waals surface area contributed by atoms with Crippen LogP contribution in [0.3, 0.4) is 0 Å². The molecule has 0 saturated heterocycles. The summed E-state index contributed by atoms with van der Waals surface area (Å²) in [6.07, 6.45) is 9.85. The van der Waals surface area contributed by atoms with Crippen molar-refractivity contribution in [3.05, 3.63) is 22.3 Å². The van der Waals surface area contributed by atoms with Crippen molar-refractivity contribution in [3.63, 3.8) is 0 Å². The summed E-state index contributed by atoms with van der Waals surface area (Å²) in [7, 11) is 0. The highest BCUT2D eigenvalue weighted by Gasteiger charge is 2.53. The van der Waals surface area contributed by atoms with E-state index < -0.39 is 0 Å². The van der Waals surface area contributed by atoms with Crippen molar-refractivity contribution in [3.8, 4) is 0 Å². The Morgan fingerprint density at radius 2 is 1.89 bits per heavy atom. The molecule has 6 rings (SSSR count). The molecule has 5 nitrogen and oxygen atoms in total. The maximum atomic E-state index is 12.7. The SMILES string of the molecule is C[C@@H](NC(=O)CSc1nnc2c(Cl)cc(Cl)cn12)C12CC3CC(CC(C3)C1)C2. The van der Waals surface area contributed by atoms with E-state index in [1.807, 2.05) is 0 Å². The molecule has 4 aliphatic rings. The van der Waals surface area contributed by atoms with Crippen molar-refractivity contribution < 1.29 is 4.79 Å². The molecule has 1 atom stereocenters. The lowest BCUT2D eigenvalue weighted by molar-refractivity contribution is -0.123. The molecular formula is C20H24Cl2N4OS. The molecule has 4 aliphatic carbocycles. The van der Waals surface area contributed by atoms with Crippen LogP contribution in [-0.2, 0) is 4.79 Å². The van der Waals surface area contributed by atoms with E-state index >= 15 is 0 Å². The number of pyridine rings is 1. The predicted octanol–water partition coefficient (Wildman–Crippen LogP) is 4.85. The molecule has 1 N–H and O–H groups in total. The van der Waals surface area contributed by atoms with Crippen LogP contribution in [0.25, 0.3) is 5.65 Å². The highest BCUT2D eigenvalue weighted by molar-refractivity contribution is 7.99. The average Bonchev–Trinajstić information content (AvgIpc) is 3.02. The van der Waals surface area contributed by atoms with Crippen LogP contribution in [0, 0.1) is 23.2 Å². The molecule has 0 aromatic carbocycles. The smallest absolute Gasteiger partial charge is 0.230 e. The lowest BCUT2D eigenvalue weighted by Crippen LogP contribution is -2.56. The van der Waals surface area contributed by atoms with Crippen LogP contribution in [0.15, 0.2) is 17.4 Å². The van der Waals surface area contributed by atoms with Crippen molar-refractivity contribution in [2.75, 3.05) is 5.75 Å². The third kappa shape index (κ3) is 3.31. The molecule has 0 unspecified atom stereocenters. The Bertz CT molecular complexity index is 895. The van der Waals surface area contributed by atoms with Gasteiger partial charge in [-0.1, -0.05) is 35.0 Å². The molecule has 4 bridgehead atoms. The topological polar surface area (TPSA) is 59.3 Å². The number of amides is 1. The molecule has 1 amide bonds. The van der Waals surface area contributed by atoms with E-state index in [4.69, 9.17) is 23.2 Å². The molecule has 2 aromatic heterocycles. The van der Waals surface area contributed by atoms with Crippen molar-refractivity contribution in [2.24, 2.45) is 23.2 Å². The number of carbonyl (C=O) groups is 1. The largest absolute Gasteiger partial charge is 0.352 e. The first kappa shape index (κ1) is 19.0. The van der Waals surface area contributed by atoms with E-state index in [9.17, 15) is 4.79 Å². The number of thioether (sulfide) groups is 1. The number of nitrogens with zero attached hydrogens (tertiary/aromatic N) is 3. The van der Waals surface area contributed by atoms with Crippen LogP contribution in [-0.4, -0.2) is 32.3 Å². The van der Waals surface area contributed by atoms with Crippen LogP contribution < -0.4 is 5.32 Å². The number of nitrogens with one attached hydrogen (secondary N) is 1. The van der Waals surface area contributed by atoms with Gasteiger partial charge in [-0.15, -0.1) is 10.2 Å². The normalized spacial score (nSPS) is 32.0. The summed E-state index contributed by atoms with van der Waals surface area (Å²) in [6.45, 7) is 2.21. The standard InChI is InChI=1S/C20H24Cl2N4OS/c1-11(20-6-12-2-13(7-20)4-14(3-12)8-20)23-17(27)10-28-19-25-24-18-16(22)5-15(21)9-26(18)19/h5,9,11-14H,2-4,6-8,10H2,1H3,(H,23,27)/t11-,12?,13?,14?,20?/m1/s1. The molecule has 0 aliphatic heterocycles. The van der Waals surface area contributed by atoms with Crippen LogP contribution in [0.4, 0.5) is 0 Å². The quantitative estimate of drug-likeness (QED) is 0.677. The van der Waals surface area contributed by atoms with E-state index in [0.717, 1.165) is 17.8 Å². The summed E-state index contributed by atoms with van der Waals surface area (Å²) in [4.78, 5) is 12.7. The number of halogens is 2. The minimum atomic E-state index is 0.0538. The number of rotatable bonds is 5. The molecule has 8 heteroatoms. The third-order valence-electron chi connectivity index (χ3n) is 7.11. The van der Waals surface area contributed by atoms with E-state index in [0.29, 0.717) is 32.0 Å². The summed E-state index contributed by atoms with van der Waals surface area (Å²) >= 11 is 13.6. The molecule has 0 spiro atoms. The van der Waals surface area contributed by atoms with Gasteiger partial charge in [0.1, 0.15) is 0 Å². The highest BCUT2D eigenvalue weighted by atomic mass is 35.5. The molecule has 2 heterocycles. The Morgan fingerprint density at radius 1 is 1.25 bits per heavy atom. The van der Waals surface area contributed by atoms with Crippen molar-refractivity contribution in [1.82, 2.24) is 19.9 Å². The van der Waals surface area contributed by atoms with Gasteiger partial charge in [0.15, 0.2) is 10.8 Å². The molecule has 4 fully saturated rings. The second kappa shape index (κ2) is 7.06. The lowest BCUT2D eigenvalue weighted by Gasteiger charge is -2.59. The fourth-order valence-corrected chi connectivity index (χ4v) is 7.50. The average molecular weight is 439 g/mol. The van der Waals surface area contributed by atoms with Gasteiger partial charge in [0.2, 0.25) is 5.91 Å². The Kier molecular flexibility index (Phi) is 4.80. The number of fused-ring (bicyclic) bond motifs is 1. The fourth-order valence-electron chi connectivity index (χ4n) is 6.28. The number of aromatic nitrogens is 3. The van der Waals surface area contributed by atoms with Gasteiger partial charge in [-0.3, -0.25) is 9.20 Å². The monoisotopic (exact) mass is 438 g/mol. The summed E-state index contributed by atoms with van der Waals surface area (Å²) in [5.74, 6) is 3.02. The zero-order valence-electron chi connectivity index (χ0n) is 15.8. The van der Waals surface area contributed by atoms with Gasteiger partial charge in [0, 0.05) is 12.2 Å². The minimum absolute atomic E-state index is 0.0538. The van der Waals surface area contributed by atoms with Gasteiger partial charge < -0.3 is 5.32 Å². The van der Waals surface area contributed by atoms with Crippen LogP contribution in [0.1, 0.15) is 45.4 Å². The molecule has 28 heavy (non-hydrogen) atoms. The maximum absolute atomic E-state index is 12.7. The zero-order chi connectivity index (χ0) is 19.5. The van der Waals surface area contributed by atoms with E-state index in [2.05, 4.69) is 22.4 Å². The number of carbonyl (C=O) groups excluding carboxylic acids is 1. The fraction of sp³-hybridized carbons (Fsp3) is 0.650. The van der Waals surface area contributed by atoms with Crippen molar-refractivity contribution in [2.45, 2.75) is 56.6 Å². The summed E-state index contributed by atoms with van der Waals surface area (Å²) in [6, 6.07) is 1.87. The Morgan fingerprint density at radius 3 is 2.54 bits per heavy atom. The molecule has 150 valence electrons. The second-order valence-electron chi connectivity index (χ2n) is 9.04. The summed E-state index contributed by atoms with van der Waals surface area (Å²) in [5, 5.41) is 13.1. The Balaban J connectivity index is 1.24. The van der Waals surface area contributed by atoms with Gasteiger partial charge in [0.05, 0.1) is 15.8 Å². The highest BCUT2D eigenvalue weighted by Crippen LogP contribution is 2.61. The number of hydrogen-bond acceptors (Lipinski definition) is 4. The second-order valence-corrected chi connectivity index (χ2v) is 10.8. The summed E-state index contributed by atoms with van der Waals surface area (Å²) < 4.78 is 1.74. The summed E-state index contributed by atoms with van der Waals surface area (Å²) in [5.41, 5.74) is 0.869. The predicted molar refractivity (Wildman–Crippen MR) is 112 cm³/mol. The molecule has 2 aromatic rings. The Hall–Kier alpha value is -0.980.